The average Bonchev–Trinajstić information content (AvgIpc) is 2.65. The Morgan fingerprint density at radius 1 is 1.00 bits per heavy atom. The minimum atomic E-state index is -1.05. The molecule has 0 aliphatic carbocycles. The summed E-state index contributed by atoms with van der Waals surface area (Å²) in [4.78, 5) is 29.3. The second-order valence-electron chi connectivity index (χ2n) is 6.23. The van der Waals surface area contributed by atoms with Crippen LogP contribution in [0.3, 0.4) is 0 Å². The number of nitrogens with one attached hydrogen (secondary N) is 2. The molecule has 1 rings (SSSR count). The van der Waals surface area contributed by atoms with Crippen LogP contribution < -0.4 is 22.1 Å². The Balaban J connectivity index is 2.55. The first kappa shape index (κ1) is 21.5. The summed E-state index contributed by atoms with van der Waals surface area (Å²) in [6.07, 6.45) is 2.41. The smallest absolute Gasteiger partial charge is 0.235 e. The van der Waals surface area contributed by atoms with Crippen LogP contribution in [-0.4, -0.2) is 30.9 Å². The molecule has 0 radical (unpaired) electrons. The number of unbranched alkanes of at least 4 members (excludes halogenated alkanes) is 1. The lowest BCUT2D eigenvalue weighted by molar-refractivity contribution is -0.144. The summed E-state index contributed by atoms with van der Waals surface area (Å²) in [6, 6.07) is 9.65. The number of hydrogen-bond acceptors (Lipinski definition) is 3. The molecule has 26 heavy (non-hydrogen) atoms. The fourth-order valence-electron chi connectivity index (χ4n) is 2.76. The normalized spacial score (nSPS) is 10.8. The minimum Gasteiger partial charge on any atom is -0.370 e. The van der Waals surface area contributed by atoms with Crippen LogP contribution in [0.25, 0.3) is 0 Å². The van der Waals surface area contributed by atoms with Gasteiger partial charge in [0, 0.05) is 19.6 Å². The quantitative estimate of drug-likeness (QED) is 0.205. The number of benzene rings is 1. The summed E-state index contributed by atoms with van der Waals surface area (Å²) in [6.45, 7) is 5.16. The van der Waals surface area contributed by atoms with Gasteiger partial charge in [-0.1, -0.05) is 44.2 Å². The molecule has 0 saturated carbocycles. The summed E-state index contributed by atoms with van der Waals surface area (Å²) in [5.74, 6) is -0.389. The van der Waals surface area contributed by atoms with Crippen LogP contribution in [0.2, 0.25) is 0 Å². The third-order valence-corrected chi connectivity index (χ3v) is 4.54. The van der Waals surface area contributed by atoms with Gasteiger partial charge in [0.2, 0.25) is 11.8 Å². The summed E-state index contributed by atoms with van der Waals surface area (Å²) in [5.41, 5.74) is 10.5. The first-order chi connectivity index (χ1) is 12.5. The molecule has 0 aromatic heterocycles. The standard InChI is InChI=1S/C19H31N5O2/c1-3-19(4-2,16(25)22-12-8-9-13-23-18(20)21)17(26)24-14-15-10-6-5-7-11-15/h5-7,10-11H,3-4,8-9,12-14H2,1-2H3,(H,22,25)(H,24,26)(H4,20,21,23). The zero-order valence-electron chi connectivity index (χ0n) is 15.8. The maximum atomic E-state index is 12.7. The van der Waals surface area contributed by atoms with E-state index in [0.717, 1.165) is 18.4 Å². The van der Waals surface area contributed by atoms with Crippen molar-refractivity contribution in [3.63, 3.8) is 0 Å². The third kappa shape index (κ3) is 6.38. The van der Waals surface area contributed by atoms with E-state index in [9.17, 15) is 9.59 Å². The Morgan fingerprint density at radius 2 is 1.62 bits per heavy atom. The second kappa shape index (κ2) is 11.1. The molecule has 0 saturated heterocycles. The van der Waals surface area contributed by atoms with Gasteiger partial charge < -0.3 is 22.1 Å². The van der Waals surface area contributed by atoms with Gasteiger partial charge in [0.1, 0.15) is 5.41 Å². The maximum absolute atomic E-state index is 12.7. The van der Waals surface area contributed by atoms with Crippen molar-refractivity contribution in [3.05, 3.63) is 35.9 Å². The molecule has 1 aromatic carbocycles. The minimum absolute atomic E-state index is 0.0695. The van der Waals surface area contributed by atoms with Crippen molar-refractivity contribution in [1.82, 2.24) is 10.6 Å². The number of rotatable bonds is 11. The summed E-state index contributed by atoms with van der Waals surface area (Å²) >= 11 is 0. The Labute approximate surface area is 155 Å². The molecule has 0 bridgehead atoms. The molecular weight excluding hydrogens is 330 g/mol. The van der Waals surface area contributed by atoms with Crippen LogP contribution >= 0.6 is 0 Å². The molecule has 7 nitrogen and oxygen atoms in total. The first-order valence-electron chi connectivity index (χ1n) is 9.12. The van der Waals surface area contributed by atoms with Crippen molar-refractivity contribution in [2.24, 2.45) is 21.9 Å². The highest BCUT2D eigenvalue weighted by Gasteiger charge is 2.42. The summed E-state index contributed by atoms with van der Waals surface area (Å²) < 4.78 is 0. The van der Waals surface area contributed by atoms with E-state index >= 15 is 0 Å². The molecule has 0 aliphatic rings. The average molecular weight is 361 g/mol. The zero-order valence-corrected chi connectivity index (χ0v) is 15.8. The van der Waals surface area contributed by atoms with Crippen molar-refractivity contribution < 1.29 is 9.59 Å². The van der Waals surface area contributed by atoms with E-state index in [2.05, 4.69) is 15.6 Å². The molecule has 0 unspecified atom stereocenters. The molecule has 6 N–H and O–H groups in total. The van der Waals surface area contributed by atoms with Crippen LogP contribution in [0.1, 0.15) is 45.1 Å². The molecular formula is C19H31N5O2. The largest absolute Gasteiger partial charge is 0.370 e. The van der Waals surface area contributed by atoms with E-state index in [0.29, 0.717) is 32.5 Å². The van der Waals surface area contributed by atoms with E-state index in [1.165, 1.54) is 0 Å². The van der Waals surface area contributed by atoms with Crippen LogP contribution in [-0.2, 0) is 16.1 Å². The molecule has 0 heterocycles. The van der Waals surface area contributed by atoms with Crippen LogP contribution in [0, 0.1) is 5.41 Å². The highest BCUT2D eigenvalue weighted by atomic mass is 16.2. The highest BCUT2D eigenvalue weighted by Crippen LogP contribution is 2.27. The Hall–Kier alpha value is -2.57. The van der Waals surface area contributed by atoms with E-state index in [4.69, 9.17) is 11.5 Å². The topological polar surface area (TPSA) is 123 Å². The number of guanidine groups is 1. The Morgan fingerprint density at radius 3 is 2.19 bits per heavy atom. The van der Waals surface area contributed by atoms with Gasteiger partial charge in [-0.2, -0.15) is 0 Å². The Bertz CT molecular complexity index is 593. The van der Waals surface area contributed by atoms with Crippen molar-refractivity contribution >= 4 is 17.8 Å². The number of carbonyl (C=O) groups is 2. The van der Waals surface area contributed by atoms with Gasteiger partial charge in [0.25, 0.3) is 0 Å². The van der Waals surface area contributed by atoms with Crippen LogP contribution in [0.5, 0.6) is 0 Å². The van der Waals surface area contributed by atoms with Crippen molar-refractivity contribution in [2.45, 2.75) is 46.1 Å². The van der Waals surface area contributed by atoms with Gasteiger partial charge in [0.05, 0.1) is 0 Å². The van der Waals surface area contributed by atoms with E-state index in [-0.39, 0.29) is 17.8 Å². The van der Waals surface area contributed by atoms with Gasteiger partial charge in [-0.05, 0) is 31.2 Å². The van der Waals surface area contributed by atoms with Crippen LogP contribution in [0.4, 0.5) is 0 Å². The van der Waals surface area contributed by atoms with Crippen molar-refractivity contribution in [2.75, 3.05) is 13.1 Å². The number of hydrogen-bond donors (Lipinski definition) is 4. The van der Waals surface area contributed by atoms with E-state index in [1.54, 1.807) is 0 Å². The first-order valence-corrected chi connectivity index (χ1v) is 9.12. The molecule has 7 heteroatoms. The van der Waals surface area contributed by atoms with Gasteiger partial charge in [-0.25, -0.2) is 0 Å². The molecule has 2 amide bonds. The highest BCUT2D eigenvalue weighted by molar-refractivity contribution is 6.04. The summed E-state index contributed by atoms with van der Waals surface area (Å²) in [5, 5.41) is 5.78. The van der Waals surface area contributed by atoms with E-state index in [1.807, 2.05) is 44.2 Å². The van der Waals surface area contributed by atoms with Gasteiger partial charge >= 0.3 is 0 Å². The fraction of sp³-hybridized carbons (Fsp3) is 0.526. The lowest BCUT2D eigenvalue weighted by atomic mass is 9.80. The van der Waals surface area contributed by atoms with Gasteiger partial charge in [-0.15, -0.1) is 0 Å². The molecule has 0 aliphatic heterocycles. The number of aliphatic imine (C=N–C) groups is 1. The van der Waals surface area contributed by atoms with E-state index < -0.39 is 5.41 Å². The van der Waals surface area contributed by atoms with Crippen LogP contribution in [0.15, 0.2) is 35.3 Å². The molecule has 1 aromatic rings. The lowest BCUT2D eigenvalue weighted by Gasteiger charge is -2.29. The predicted octanol–water partition coefficient (Wildman–Crippen LogP) is 1.28. The monoisotopic (exact) mass is 361 g/mol. The molecule has 0 spiro atoms. The second-order valence-corrected chi connectivity index (χ2v) is 6.23. The predicted molar refractivity (Wildman–Crippen MR) is 104 cm³/mol. The lowest BCUT2D eigenvalue weighted by Crippen LogP contribution is -2.51. The SMILES string of the molecule is CCC(CC)(C(=O)NCCCCN=C(N)N)C(=O)NCc1ccccc1. The number of nitrogens with two attached hydrogens (primary N) is 2. The number of amides is 2. The maximum Gasteiger partial charge on any atom is 0.235 e. The number of nitrogens with zero attached hydrogens (tertiary/aromatic N) is 1. The Kier molecular flexibility index (Phi) is 9.19. The molecule has 0 atom stereocenters. The fourth-order valence-corrected chi connectivity index (χ4v) is 2.76. The molecule has 0 fully saturated rings. The summed E-state index contributed by atoms with van der Waals surface area (Å²) in [7, 11) is 0. The van der Waals surface area contributed by atoms with Crippen molar-refractivity contribution in [3.8, 4) is 0 Å². The molecule has 144 valence electrons. The van der Waals surface area contributed by atoms with Crippen molar-refractivity contribution in [1.29, 1.82) is 0 Å². The van der Waals surface area contributed by atoms with Gasteiger partial charge in [-0.3, -0.25) is 14.6 Å². The zero-order chi connectivity index (χ0) is 19.4. The number of carbonyl (C=O) groups excluding carboxylic acids is 2. The third-order valence-electron chi connectivity index (χ3n) is 4.54. The van der Waals surface area contributed by atoms with Gasteiger partial charge in [0.15, 0.2) is 5.96 Å².